The minimum Gasteiger partial charge on any atom is -0.468 e. The maximum Gasteiger partial charge on any atom is 0.323 e. The van der Waals surface area contributed by atoms with E-state index in [0.29, 0.717) is 0 Å². The van der Waals surface area contributed by atoms with E-state index >= 15 is 0 Å². The molecule has 1 aliphatic rings. The molecule has 1 aliphatic heterocycles. The molecule has 7 nitrogen and oxygen atoms in total. The molecule has 0 radical (unpaired) electrons. The first kappa shape index (κ1) is 14.4. The fourth-order valence-electron chi connectivity index (χ4n) is 1.93. The number of ether oxygens (including phenoxy) is 1. The molecule has 0 spiro atoms. The quantitative estimate of drug-likeness (QED) is 0.464. The van der Waals surface area contributed by atoms with Crippen LogP contribution in [0.4, 0.5) is 0 Å². The third-order valence-electron chi connectivity index (χ3n) is 2.76. The predicted octanol–water partition coefficient (Wildman–Crippen LogP) is -1.38. The Morgan fingerprint density at radius 2 is 2.33 bits per heavy atom. The molecule has 1 rings (SSSR count). The summed E-state index contributed by atoms with van der Waals surface area (Å²) in [5.74, 6) is -0.718. The summed E-state index contributed by atoms with van der Waals surface area (Å²) in [7, 11) is 1.28. The molecule has 0 aromatic heterocycles. The van der Waals surface area contributed by atoms with Crippen LogP contribution < -0.4 is 5.32 Å². The van der Waals surface area contributed by atoms with Crippen molar-refractivity contribution in [3.05, 3.63) is 0 Å². The Kier molecular flexibility index (Phi) is 5.55. The van der Waals surface area contributed by atoms with E-state index in [4.69, 9.17) is 5.26 Å². The summed E-state index contributed by atoms with van der Waals surface area (Å²) >= 11 is 0. The lowest BCUT2D eigenvalue weighted by atomic mass is 10.2. The third-order valence-corrected chi connectivity index (χ3v) is 2.76. The number of β-amino-alcohol motifs (C(OH)–C–C–N with tert-alkyl or cyclic N) is 1. The highest BCUT2D eigenvalue weighted by atomic mass is 16.5. The van der Waals surface area contributed by atoms with Crippen molar-refractivity contribution < 1.29 is 19.4 Å². The summed E-state index contributed by atoms with van der Waals surface area (Å²) in [6.07, 6.45) is -0.103. The number of esters is 1. The van der Waals surface area contributed by atoms with Crippen molar-refractivity contribution in [3.63, 3.8) is 0 Å². The zero-order valence-electron chi connectivity index (χ0n) is 10.3. The SMILES string of the molecule is COC(=O)C1CC(O)CN1CC(=O)NCCC#N. The van der Waals surface area contributed by atoms with E-state index in [2.05, 4.69) is 10.1 Å². The molecule has 2 atom stereocenters. The Balaban J connectivity index is 2.46. The van der Waals surface area contributed by atoms with Gasteiger partial charge in [0.05, 0.1) is 32.2 Å². The first-order valence-electron chi connectivity index (χ1n) is 5.72. The van der Waals surface area contributed by atoms with Crippen LogP contribution >= 0.6 is 0 Å². The van der Waals surface area contributed by atoms with Crippen LogP contribution in [0.1, 0.15) is 12.8 Å². The Hall–Kier alpha value is -1.65. The van der Waals surface area contributed by atoms with Crippen LogP contribution in [0.15, 0.2) is 0 Å². The number of likely N-dealkylation sites (tertiary alicyclic amines) is 1. The number of methoxy groups -OCH3 is 1. The molecule has 0 bridgehead atoms. The molecule has 0 aliphatic carbocycles. The lowest BCUT2D eigenvalue weighted by molar-refractivity contribution is -0.146. The van der Waals surface area contributed by atoms with Gasteiger partial charge in [-0.2, -0.15) is 5.26 Å². The molecule has 2 N–H and O–H groups in total. The number of carbonyl (C=O) groups excluding carboxylic acids is 2. The van der Waals surface area contributed by atoms with E-state index in [1.165, 1.54) is 7.11 Å². The maximum absolute atomic E-state index is 11.5. The molecular weight excluding hydrogens is 238 g/mol. The van der Waals surface area contributed by atoms with E-state index in [1.54, 1.807) is 4.90 Å². The van der Waals surface area contributed by atoms with Crippen LogP contribution in [0.3, 0.4) is 0 Å². The monoisotopic (exact) mass is 255 g/mol. The van der Waals surface area contributed by atoms with Crippen molar-refractivity contribution in [1.82, 2.24) is 10.2 Å². The average molecular weight is 255 g/mol. The summed E-state index contributed by atoms with van der Waals surface area (Å²) in [5, 5.41) is 20.4. The van der Waals surface area contributed by atoms with Gasteiger partial charge in [-0.05, 0) is 0 Å². The van der Waals surface area contributed by atoms with Gasteiger partial charge in [-0.1, -0.05) is 0 Å². The van der Waals surface area contributed by atoms with Crippen molar-refractivity contribution >= 4 is 11.9 Å². The first-order valence-corrected chi connectivity index (χ1v) is 5.72. The summed E-state index contributed by atoms with van der Waals surface area (Å²) in [6, 6.07) is 1.34. The molecule has 100 valence electrons. The Labute approximate surface area is 105 Å². The van der Waals surface area contributed by atoms with Gasteiger partial charge in [0.2, 0.25) is 5.91 Å². The van der Waals surface area contributed by atoms with Gasteiger partial charge in [0.15, 0.2) is 0 Å². The van der Waals surface area contributed by atoms with E-state index in [-0.39, 0.29) is 38.4 Å². The number of nitriles is 1. The topological polar surface area (TPSA) is 103 Å². The fourth-order valence-corrected chi connectivity index (χ4v) is 1.93. The van der Waals surface area contributed by atoms with Gasteiger partial charge in [0.25, 0.3) is 0 Å². The van der Waals surface area contributed by atoms with Crippen molar-refractivity contribution in [1.29, 1.82) is 5.26 Å². The average Bonchev–Trinajstić information content (AvgIpc) is 2.69. The second-order valence-electron chi connectivity index (χ2n) is 4.12. The Morgan fingerprint density at radius 1 is 1.61 bits per heavy atom. The fraction of sp³-hybridized carbons (Fsp3) is 0.727. The molecule has 18 heavy (non-hydrogen) atoms. The number of hydrogen-bond acceptors (Lipinski definition) is 6. The normalized spacial score (nSPS) is 23.4. The Morgan fingerprint density at radius 3 is 2.94 bits per heavy atom. The molecular formula is C11H17N3O4. The van der Waals surface area contributed by atoms with Crippen molar-refractivity contribution in [3.8, 4) is 6.07 Å². The highest BCUT2D eigenvalue weighted by Gasteiger charge is 2.37. The lowest BCUT2D eigenvalue weighted by Gasteiger charge is -2.21. The first-order chi connectivity index (χ1) is 8.58. The van der Waals surface area contributed by atoms with Crippen LogP contribution in [-0.2, 0) is 14.3 Å². The number of nitrogens with zero attached hydrogens (tertiary/aromatic N) is 2. The minimum absolute atomic E-state index is 0.0161. The highest BCUT2D eigenvalue weighted by molar-refractivity contribution is 5.80. The molecule has 0 aromatic carbocycles. The number of hydrogen-bond donors (Lipinski definition) is 2. The van der Waals surface area contributed by atoms with E-state index in [1.807, 2.05) is 6.07 Å². The van der Waals surface area contributed by atoms with Gasteiger partial charge in [-0.3, -0.25) is 14.5 Å². The molecule has 2 unspecified atom stereocenters. The number of aliphatic hydroxyl groups is 1. The highest BCUT2D eigenvalue weighted by Crippen LogP contribution is 2.18. The van der Waals surface area contributed by atoms with E-state index in [9.17, 15) is 14.7 Å². The zero-order chi connectivity index (χ0) is 13.5. The summed E-state index contributed by atoms with van der Waals surface area (Å²) < 4.78 is 4.63. The van der Waals surface area contributed by atoms with Gasteiger partial charge < -0.3 is 15.2 Å². The van der Waals surface area contributed by atoms with Crippen LogP contribution in [0.5, 0.6) is 0 Å². The van der Waals surface area contributed by atoms with Crippen LogP contribution in [-0.4, -0.2) is 60.8 Å². The lowest BCUT2D eigenvalue weighted by Crippen LogP contribution is -2.43. The molecule has 7 heteroatoms. The third kappa shape index (κ3) is 3.98. The van der Waals surface area contributed by atoms with Gasteiger partial charge in [0, 0.05) is 19.5 Å². The van der Waals surface area contributed by atoms with Gasteiger partial charge in [-0.25, -0.2) is 0 Å². The largest absolute Gasteiger partial charge is 0.468 e. The minimum atomic E-state index is -0.624. The van der Waals surface area contributed by atoms with E-state index < -0.39 is 18.1 Å². The van der Waals surface area contributed by atoms with E-state index in [0.717, 1.165) is 0 Å². The van der Waals surface area contributed by atoms with Crippen molar-refractivity contribution in [2.75, 3.05) is 26.7 Å². The Bertz CT molecular complexity index is 353. The van der Waals surface area contributed by atoms with Crippen molar-refractivity contribution in [2.24, 2.45) is 0 Å². The predicted molar refractivity (Wildman–Crippen MR) is 61.2 cm³/mol. The smallest absolute Gasteiger partial charge is 0.323 e. The molecule has 0 saturated carbocycles. The van der Waals surface area contributed by atoms with Crippen LogP contribution in [0.2, 0.25) is 0 Å². The van der Waals surface area contributed by atoms with Crippen LogP contribution in [0, 0.1) is 11.3 Å². The summed E-state index contributed by atoms with van der Waals surface area (Å²) in [6.45, 7) is 0.572. The number of amides is 1. The number of aliphatic hydroxyl groups excluding tert-OH is 1. The van der Waals surface area contributed by atoms with Crippen molar-refractivity contribution in [2.45, 2.75) is 25.0 Å². The summed E-state index contributed by atoms with van der Waals surface area (Å²) in [4.78, 5) is 24.6. The standard InChI is InChI=1S/C11H17N3O4/c1-18-11(17)9-5-8(15)6-14(9)7-10(16)13-4-2-3-12/h8-9,15H,2,4-7H2,1H3,(H,13,16). The van der Waals surface area contributed by atoms with Crippen LogP contribution in [0.25, 0.3) is 0 Å². The second kappa shape index (κ2) is 6.93. The molecule has 1 amide bonds. The second-order valence-corrected chi connectivity index (χ2v) is 4.12. The van der Waals surface area contributed by atoms with Gasteiger partial charge in [-0.15, -0.1) is 0 Å². The molecule has 1 heterocycles. The number of carbonyl (C=O) groups is 2. The molecule has 1 fully saturated rings. The van der Waals surface area contributed by atoms with Gasteiger partial charge in [0.1, 0.15) is 6.04 Å². The molecule has 1 saturated heterocycles. The zero-order valence-corrected chi connectivity index (χ0v) is 10.3. The van der Waals surface area contributed by atoms with Gasteiger partial charge >= 0.3 is 5.97 Å². The maximum atomic E-state index is 11.5. The molecule has 0 aromatic rings. The number of rotatable bonds is 5. The number of nitrogens with one attached hydrogen (secondary N) is 1. The summed E-state index contributed by atoms with van der Waals surface area (Å²) in [5.41, 5.74) is 0.